The van der Waals surface area contributed by atoms with Gasteiger partial charge in [0.25, 0.3) is 0 Å². The lowest BCUT2D eigenvalue weighted by Gasteiger charge is -2.24. The SMILES string of the molecule is CCN(CCCN(C)C)c1ccnc(CNC2CC2)c1. The fraction of sp³-hybridized carbons (Fsp3) is 0.688. The maximum atomic E-state index is 4.47. The molecule has 4 nitrogen and oxygen atoms in total. The molecule has 1 fully saturated rings. The van der Waals surface area contributed by atoms with Crippen molar-refractivity contribution in [3.05, 3.63) is 24.0 Å². The lowest BCUT2D eigenvalue weighted by Crippen LogP contribution is -2.27. The van der Waals surface area contributed by atoms with Crippen molar-refractivity contribution in [1.29, 1.82) is 0 Å². The van der Waals surface area contributed by atoms with Gasteiger partial charge in [0.1, 0.15) is 0 Å². The van der Waals surface area contributed by atoms with Gasteiger partial charge >= 0.3 is 0 Å². The third-order valence-electron chi connectivity index (χ3n) is 3.73. The highest BCUT2D eigenvalue weighted by Gasteiger charge is 2.20. The third kappa shape index (κ3) is 5.10. The molecule has 1 N–H and O–H groups in total. The first kappa shape index (κ1) is 15.3. The molecule has 0 amide bonds. The fourth-order valence-electron chi connectivity index (χ4n) is 2.34. The van der Waals surface area contributed by atoms with Crippen LogP contribution in [-0.4, -0.2) is 49.7 Å². The van der Waals surface area contributed by atoms with Gasteiger partial charge in [-0.05, 0) is 59.0 Å². The molecule has 1 aromatic rings. The van der Waals surface area contributed by atoms with E-state index < -0.39 is 0 Å². The van der Waals surface area contributed by atoms with Crippen LogP contribution in [0.25, 0.3) is 0 Å². The van der Waals surface area contributed by atoms with Gasteiger partial charge in [-0.25, -0.2) is 0 Å². The second-order valence-electron chi connectivity index (χ2n) is 5.90. The molecule has 1 aromatic heterocycles. The van der Waals surface area contributed by atoms with Gasteiger partial charge in [0.2, 0.25) is 0 Å². The number of nitrogens with zero attached hydrogens (tertiary/aromatic N) is 3. The van der Waals surface area contributed by atoms with Gasteiger partial charge in [-0.3, -0.25) is 4.98 Å². The predicted octanol–water partition coefficient (Wildman–Crippen LogP) is 2.11. The number of aromatic nitrogens is 1. The first-order chi connectivity index (χ1) is 9.69. The van der Waals surface area contributed by atoms with Crippen molar-refractivity contribution in [1.82, 2.24) is 15.2 Å². The quantitative estimate of drug-likeness (QED) is 0.748. The summed E-state index contributed by atoms with van der Waals surface area (Å²) in [6, 6.07) is 5.09. The minimum Gasteiger partial charge on any atom is -0.372 e. The van der Waals surface area contributed by atoms with Crippen molar-refractivity contribution in [3.8, 4) is 0 Å². The smallest absolute Gasteiger partial charge is 0.0562 e. The molecular formula is C16H28N4. The molecule has 0 aliphatic heterocycles. The van der Waals surface area contributed by atoms with Crippen LogP contribution >= 0.6 is 0 Å². The van der Waals surface area contributed by atoms with Crippen molar-refractivity contribution in [3.63, 3.8) is 0 Å². The summed E-state index contributed by atoms with van der Waals surface area (Å²) in [5.41, 5.74) is 2.45. The number of pyridine rings is 1. The fourth-order valence-corrected chi connectivity index (χ4v) is 2.34. The Bertz CT molecular complexity index is 401. The second-order valence-corrected chi connectivity index (χ2v) is 5.90. The number of nitrogens with one attached hydrogen (secondary N) is 1. The summed E-state index contributed by atoms with van der Waals surface area (Å²) in [6.07, 6.45) is 5.78. The molecular weight excluding hydrogens is 248 g/mol. The molecule has 0 atom stereocenters. The summed E-state index contributed by atoms with van der Waals surface area (Å²) in [7, 11) is 4.26. The Morgan fingerprint density at radius 2 is 2.10 bits per heavy atom. The van der Waals surface area contributed by atoms with E-state index in [1.165, 1.54) is 24.9 Å². The Hall–Kier alpha value is -1.13. The monoisotopic (exact) mass is 276 g/mol. The van der Waals surface area contributed by atoms with Crippen molar-refractivity contribution in [2.75, 3.05) is 38.6 Å². The molecule has 2 rings (SSSR count). The molecule has 0 spiro atoms. The topological polar surface area (TPSA) is 31.4 Å². The van der Waals surface area contributed by atoms with Crippen LogP contribution in [0.15, 0.2) is 18.3 Å². The number of hydrogen-bond acceptors (Lipinski definition) is 4. The van der Waals surface area contributed by atoms with E-state index >= 15 is 0 Å². The Morgan fingerprint density at radius 1 is 1.30 bits per heavy atom. The number of rotatable bonds is 9. The average molecular weight is 276 g/mol. The molecule has 1 aliphatic carbocycles. The molecule has 1 heterocycles. The predicted molar refractivity (Wildman–Crippen MR) is 85.2 cm³/mol. The van der Waals surface area contributed by atoms with Crippen LogP contribution in [0.2, 0.25) is 0 Å². The van der Waals surface area contributed by atoms with E-state index in [-0.39, 0.29) is 0 Å². The van der Waals surface area contributed by atoms with Crippen molar-refractivity contribution >= 4 is 5.69 Å². The highest BCUT2D eigenvalue weighted by molar-refractivity contribution is 5.46. The maximum Gasteiger partial charge on any atom is 0.0562 e. The van der Waals surface area contributed by atoms with Crippen LogP contribution in [0.5, 0.6) is 0 Å². The van der Waals surface area contributed by atoms with E-state index in [0.717, 1.165) is 37.9 Å². The zero-order valence-corrected chi connectivity index (χ0v) is 13.1. The van der Waals surface area contributed by atoms with E-state index in [0.29, 0.717) is 0 Å². The van der Waals surface area contributed by atoms with E-state index in [2.05, 4.69) is 53.3 Å². The zero-order chi connectivity index (χ0) is 14.4. The third-order valence-corrected chi connectivity index (χ3v) is 3.73. The molecule has 20 heavy (non-hydrogen) atoms. The summed E-state index contributed by atoms with van der Waals surface area (Å²) >= 11 is 0. The summed E-state index contributed by atoms with van der Waals surface area (Å²) in [5, 5.41) is 3.53. The maximum absolute atomic E-state index is 4.47. The van der Waals surface area contributed by atoms with E-state index in [9.17, 15) is 0 Å². The number of hydrogen-bond donors (Lipinski definition) is 1. The van der Waals surface area contributed by atoms with Crippen LogP contribution < -0.4 is 10.2 Å². The molecule has 0 bridgehead atoms. The van der Waals surface area contributed by atoms with Gasteiger partial charge in [0.15, 0.2) is 0 Å². The summed E-state index contributed by atoms with van der Waals surface area (Å²) in [4.78, 5) is 9.14. The molecule has 4 heteroatoms. The van der Waals surface area contributed by atoms with Crippen LogP contribution in [0.3, 0.4) is 0 Å². The Balaban J connectivity index is 1.88. The second kappa shape index (κ2) is 7.60. The molecule has 0 radical (unpaired) electrons. The lowest BCUT2D eigenvalue weighted by molar-refractivity contribution is 0.400. The lowest BCUT2D eigenvalue weighted by atomic mass is 10.2. The van der Waals surface area contributed by atoms with Gasteiger partial charge in [-0.2, -0.15) is 0 Å². The van der Waals surface area contributed by atoms with Gasteiger partial charge < -0.3 is 15.1 Å². The Kier molecular flexibility index (Phi) is 5.80. The molecule has 112 valence electrons. The van der Waals surface area contributed by atoms with Crippen LogP contribution in [0.4, 0.5) is 5.69 Å². The first-order valence-corrected chi connectivity index (χ1v) is 7.77. The summed E-state index contributed by atoms with van der Waals surface area (Å²) in [5.74, 6) is 0. The van der Waals surface area contributed by atoms with E-state index in [1.54, 1.807) is 0 Å². The van der Waals surface area contributed by atoms with Crippen molar-refractivity contribution in [2.45, 2.75) is 38.8 Å². The van der Waals surface area contributed by atoms with Crippen molar-refractivity contribution < 1.29 is 0 Å². The highest BCUT2D eigenvalue weighted by atomic mass is 15.1. The van der Waals surface area contributed by atoms with Gasteiger partial charge in [-0.15, -0.1) is 0 Å². The number of anilines is 1. The standard InChI is InChI=1S/C16H28N4/c1-4-20(11-5-10-19(2)3)16-8-9-17-15(12-16)13-18-14-6-7-14/h8-9,12,14,18H,4-7,10-11,13H2,1-3H3. The summed E-state index contributed by atoms with van der Waals surface area (Å²) in [6.45, 7) is 6.41. The molecule has 1 aliphatic rings. The first-order valence-electron chi connectivity index (χ1n) is 7.77. The zero-order valence-electron chi connectivity index (χ0n) is 13.1. The largest absolute Gasteiger partial charge is 0.372 e. The average Bonchev–Trinajstić information content (AvgIpc) is 3.25. The molecule has 0 saturated heterocycles. The summed E-state index contributed by atoms with van der Waals surface area (Å²) < 4.78 is 0. The normalized spacial score (nSPS) is 14.8. The Labute approximate surface area is 123 Å². The van der Waals surface area contributed by atoms with E-state index in [4.69, 9.17) is 0 Å². The Morgan fingerprint density at radius 3 is 2.75 bits per heavy atom. The molecule has 1 saturated carbocycles. The molecule has 0 unspecified atom stereocenters. The highest BCUT2D eigenvalue weighted by Crippen LogP contribution is 2.20. The van der Waals surface area contributed by atoms with Crippen LogP contribution in [0, 0.1) is 0 Å². The van der Waals surface area contributed by atoms with Crippen LogP contribution in [0.1, 0.15) is 31.9 Å². The minimum atomic E-state index is 0.739. The van der Waals surface area contributed by atoms with Crippen LogP contribution in [-0.2, 0) is 6.54 Å². The van der Waals surface area contributed by atoms with Gasteiger partial charge in [-0.1, -0.05) is 0 Å². The minimum absolute atomic E-state index is 0.739. The van der Waals surface area contributed by atoms with Gasteiger partial charge in [0, 0.05) is 37.6 Å². The van der Waals surface area contributed by atoms with Gasteiger partial charge in [0.05, 0.1) is 5.69 Å². The van der Waals surface area contributed by atoms with E-state index in [1.807, 2.05) is 6.20 Å². The molecule has 0 aromatic carbocycles. The van der Waals surface area contributed by atoms with Crippen molar-refractivity contribution in [2.24, 2.45) is 0 Å².